The van der Waals surface area contributed by atoms with Gasteiger partial charge in [0.25, 0.3) is 0 Å². The van der Waals surface area contributed by atoms with E-state index in [9.17, 15) is 18.0 Å². The Morgan fingerprint density at radius 1 is 1.16 bits per heavy atom. The molecule has 0 spiro atoms. The van der Waals surface area contributed by atoms with Crippen LogP contribution in [-0.4, -0.2) is 65.2 Å². The molecule has 0 bridgehead atoms. The maximum absolute atomic E-state index is 12.6. The molecule has 0 unspecified atom stereocenters. The summed E-state index contributed by atoms with van der Waals surface area (Å²) in [4.78, 5) is 16.5. The van der Waals surface area contributed by atoms with Crippen LogP contribution in [0.15, 0.2) is 30.3 Å². The van der Waals surface area contributed by atoms with E-state index < -0.39 is 11.7 Å². The fraction of sp³-hybridized carbons (Fsp3) is 0.545. The zero-order valence-electron chi connectivity index (χ0n) is 17.3. The van der Waals surface area contributed by atoms with Crippen molar-refractivity contribution in [3.8, 4) is 5.75 Å². The summed E-state index contributed by atoms with van der Waals surface area (Å²) < 4.78 is 43.4. The van der Waals surface area contributed by atoms with Crippen LogP contribution in [0.2, 0.25) is 0 Å². The molecule has 168 valence electrons. The first-order valence-electron chi connectivity index (χ1n) is 10.7. The number of benzene rings is 1. The number of ether oxygens (including phenoxy) is 1. The van der Waals surface area contributed by atoms with Crippen LogP contribution in [0.4, 0.5) is 13.2 Å². The van der Waals surface area contributed by atoms with Gasteiger partial charge in [0.1, 0.15) is 5.75 Å². The summed E-state index contributed by atoms with van der Waals surface area (Å²) in [6.07, 6.45) is -0.584. The Balaban J connectivity index is 1.22. The number of nitrogens with one attached hydrogen (secondary N) is 1. The minimum absolute atomic E-state index is 0.223. The van der Waals surface area contributed by atoms with Crippen molar-refractivity contribution in [3.63, 3.8) is 0 Å². The number of nitrogens with zero attached hydrogens (tertiary/aromatic N) is 3. The van der Waals surface area contributed by atoms with Crippen LogP contribution in [0.1, 0.15) is 42.1 Å². The Kier molecular flexibility index (Phi) is 6.50. The average Bonchev–Trinajstić information content (AvgIpc) is 3.49. The average molecular weight is 436 g/mol. The molecule has 2 aliphatic rings. The Bertz CT molecular complexity index is 876. The lowest BCUT2D eigenvalue weighted by Crippen LogP contribution is -2.37. The molecule has 0 saturated carbocycles. The van der Waals surface area contributed by atoms with Gasteiger partial charge in [-0.2, -0.15) is 18.3 Å². The van der Waals surface area contributed by atoms with Crippen LogP contribution in [0.3, 0.4) is 0 Å². The Hall–Kier alpha value is -2.55. The number of aromatic amines is 1. The third-order valence-electron chi connectivity index (χ3n) is 5.98. The van der Waals surface area contributed by atoms with Crippen molar-refractivity contribution in [3.05, 3.63) is 47.3 Å². The minimum Gasteiger partial charge on any atom is -0.493 e. The van der Waals surface area contributed by atoms with E-state index in [1.54, 1.807) is 0 Å². The van der Waals surface area contributed by atoms with Crippen molar-refractivity contribution in [2.75, 3.05) is 39.3 Å². The van der Waals surface area contributed by atoms with Gasteiger partial charge in [0.15, 0.2) is 0 Å². The molecule has 6 nitrogen and oxygen atoms in total. The largest absolute Gasteiger partial charge is 0.493 e. The highest BCUT2D eigenvalue weighted by atomic mass is 19.4. The van der Waals surface area contributed by atoms with Crippen LogP contribution in [0.25, 0.3) is 0 Å². The number of carbonyl (C=O) groups excluding carboxylic acids is 1. The maximum Gasteiger partial charge on any atom is 0.416 e. The van der Waals surface area contributed by atoms with E-state index in [1.807, 2.05) is 11.0 Å². The van der Waals surface area contributed by atoms with Crippen LogP contribution in [0.5, 0.6) is 5.75 Å². The molecule has 1 amide bonds. The van der Waals surface area contributed by atoms with E-state index in [2.05, 4.69) is 15.1 Å². The number of likely N-dealkylation sites (tertiary alicyclic amines) is 2. The monoisotopic (exact) mass is 436 g/mol. The highest BCUT2D eigenvalue weighted by Gasteiger charge is 2.30. The highest BCUT2D eigenvalue weighted by Crippen LogP contribution is 2.30. The molecular formula is C22H27F3N4O2. The Labute approximate surface area is 179 Å². The number of hydrogen-bond acceptors (Lipinski definition) is 4. The molecule has 0 aliphatic carbocycles. The number of halogens is 3. The van der Waals surface area contributed by atoms with Crippen molar-refractivity contribution < 1.29 is 22.7 Å². The van der Waals surface area contributed by atoms with Gasteiger partial charge in [-0.15, -0.1) is 0 Å². The molecule has 1 N–H and O–H groups in total. The lowest BCUT2D eigenvalue weighted by atomic mass is 10.0. The molecule has 0 radical (unpaired) electrons. The van der Waals surface area contributed by atoms with Gasteiger partial charge >= 0.3 is 6.18 Å². The van der Waals surface area contributed by atoms with Crippen molar-refractivity contribution in [1.82, 2.24) is 20.0 Å². The fourth-order valence-corrected chi connectivity index (χ4v) is 4.21. The molecule has 2 aromatic rings. The number of aromatic nitrogens is 2. The van der Waals surface area contributed by atoms with E-state index in [4.69, 9.17) is 4.74 Å². The quantitative estimate of drug-likeness (QED) is 0.722. The van der Waals surface area contributed by atoms with E-state index in [-0.39, 0.29) is 5.91 Å². The van der Waals surface area contributed by atoms with Gasteiger partial charge < -0.3 is 9.64 Å². The molecule has 3 heterocycles. The minimum atomic E-state index is -4.35. The molecule has 1 aromatic heterocycles. The van der Waals surface area contributed by atoms with Gasteiger partial charge in [-0.05, 0) is 56.1 Å². The highest BCUT2D eigenvalue weighted by molar-refractivity contribution is 5.78. The first kappa shape index (κ1) is 21.7. The first-order chi connectivity index (χ1) is 14.9. The van der Waals surface area contributed by atoms with Crippen LogP contribution in [0, 0.1) is 0 Å². The molecule has 9 heteroatoms. The van der Waals surface area contributed by atoms with Crippen molar-refractivity contribution in [2.45, 2.75) is 37.8 Å². The van der Waals surface area contributed by atoms with E-state index in [1.165, 1.54) is 12.1 Å². The second-order valence-corrected chi connectivity index (χ2v) is 8.25. The van der Waals surface area contributed by atoms with Gasteiger partial charge in [-0.1, -0.05) is 0 Å². The third-order valence-corrected chi connectivity index (χ3v) is 5.98. The van der Waals surface area contributed by atoms with Crippen LogP contribution < -0.4 is 4.74 Å². The van der Waals surface area contributed by atoms with Gasteiger partial charge in [-0.25, -0.2) is 0 Å². The SMILES string of the molecule is O=C(CN1CC[C@H](c2cc(CCOc3ccc(C(F)(F)F)cc3)[nH]n2)C1)N1CCCC1. The summed E-state index contributed by atoms with van der Waals surface area (Å²) in [5, 5.41) is 7.45. The number of amides is 1. The number of rotatable bonds is 7. The lowest BCUT2D eigenvalue weighted by Gasteiger charge is -2.20. The van der Waals surface area contributed by atoms with Gasteiger partial charge in [0.2, 0.25) is 5.91 Å². The van der Waals surface area contributed by atoms with E-state index in [0.717, 1.165) is 69.0 Å². The molecule has 31 heavy (non-hydrogen) atoms. The first-order valence-corrected chi connectivity index (χ1v) is 10.7. The van der Waals surface area contributed by atoms with Crippen molar-refractivity contribution in [2.24, 2.45) is 0 Å². The number of H-pyrrole nitrogens is 1. The molecule has 2 aliphatic heterocycles. The van der Waals surface area contributed by atoms with Crippen LogP contribution >= 0.6 is 0 Å². The molecule has 2 saturated heterocycles. The van der Waals surface area contributed by atoms with E-state index in [0.29, 0.717) is 31.2 Å². The summed E-state index contributed by atoms with van der Waals surface area (Å²) in [5.41, 5.74) is 1.22. The Morgan fingerprint density at radius 2 is 1.90 bits per heavy atom. The van der Waals surface area contributed by atoms with E-state index >= 15 is 0 Å². The number of carbonyl (C=O) groups is 1. The lowest BCUT2D eigenvalue weighted by molar-refractivity contribution is -0.137. The molecular weight excluding hydrogens is 409 g/mol. The molecule has 2 fully saturated rings. The van der Waals surface area contributed by atoms with Gasteiger partial charge in [-0.3, -0.25) is 14.8 Å². The Morgan fingerprint density at radius 3 is 2.61 bits per heavy atom. The predicted molar refractivity (Wildman–Crippen MR) is 109 cm³/mol. The molecule has 1 atom stereocenters. The summed E-state index contributed by atoms with van der Waals surface area (Å²) in [6, 6.07) is 6.72. The van der Waals surface area contributed by atoms with Gasteiger partial charge in [0.05, 0.1) is 24.4 Å². The van der Waals surface area contributed by atoms with Crippen molar-refractivity contribution in [1.29, 1.82) is 0 Å². The maximum atomic E-state index is 12.6. The summed E-state index contributed by atoms with van der Waals surface area (Å²) in [5.74, 6) is 0.926. The standard InChI is InChI=1S/C22H27F3N4O2/c23-22(24,25)17-3-5-19(6-4-17)31-12-8-18-13-20(27-26-18)16-7-11-28(14-16)15-21(30)29-9-1-2-10-29/h3-6,13,16H,1-2,7-12,14-15H2,(H,26,27)/t16-/m0/s1. The number of alkyl halides is 3. The normalized spacial score (nSPS) is 19.8. The zero-order chi connectivity index (χ0) is 21.8. The topological polar surface area (TPSA) is 61.5 Å². The van der Waals surface area contributed by atoms with Crippen LogP contribution in [-0.2, 0) is 17.4 Å². The third kappa shape index (κ3) is 5.58. The van der Waals surface area contributed by atoms with Crippen molar-refractivity contribution >= 4 is 5.91 Å². The smallest absolute Gasteiger partial charge is 0.416 e. The summed E-state index contributed by atoms with van der Waals surface area (Å²) >= 11 is 0. The molecule has 1 aromatic carbocycles. The number of hydrogen-bond donors (Lipinski definition) is 1. The summed E-state index contributed by atoms with van der Waals surface area (Å²) in [7, 11) is 0. The fourth-order valence-electron chi connectivity index (χ4n) is 4.21. The zero-order valence-corrected chi connectivity index (χ0v) is 17.3. The summed E-state index contributed by atoms with van der Waals surface area (Å²) in [6.45, 7) is 4.30. The second kappa shape index (κ2) is 9.30. The predicted octanol–water partition coefficient (Wildman–Crippen LogP) is 3.46. The second-order valence-electron chi connectivity index (χ2n) is 8.25. The molecule has 4 rings (SSSR count). The van der Waals surface area contributed by atoms with Gasteiger partial charge in [0, 0.05) is 37.7 Å².